The van der Waals surface area contributed by atoms with E-state index in [2.05, 4.69) is 0 Å². The maximum absolute atomic E-state index is 12.2. The Morgan fingerprint density at radius 2 is 0.656 bits per heavy atom. The summed E-state index contributed by atoms with van der Waals surface area (Å²) in [4.78, 5) is 99.1. The van der Waals surface area contributed by atoms with Crippen molar-refractivity contribution in [3.63, 3.8) is 0 Å². The first-order valence-corrected chi connectivity index (χ1v) is 19.8. The molecule has 12 nitrogen and oxygen atoms in total. The van der Waals surface area contributed by atoms with Crippen molar-refractivity contribution in [1.29, 1.82) is 0 Å². The van der Waals surface area contributed by atoms with Crippen LogP contribution in [0.5, 0.6) is 0 Å². The monoisotopic (exact) mass is 818 g/mol. The summed E-state index contributed by atoms with van der Waals surface area (Å²) in [5, 5.41) is 0. The van der Waals surface area contributed by atoms with Crippen LogP contribution in [0.4, 0.5) is 22.7 Å². The number of carbonyl (C=O) groups excluding carboxylic acids is 8. The molecule has 0 saturated heterocycles. The van der Waals surface area contributed by atoms with Crippen LogP contribution in [0.2, 0.25) is 0 Å². The Balaban J connectivity index is 0.000000154. The van der Waals surface area contributed by atoms with E-state index >= 15 is 0 Å². The highest BCUT2D eigenvalue weighted by Crippen LogP contribution is 2.30. The predicted octanol–water partition coefficient (Wildman–Crippen LogP) is 7.97. The van der Waals surface area contributed by atoms with Gasteiger partial charge in [-0.25, -0.2) is 19.6 Å². The summed E-state index contributed by atoms with van der Waals surface area (Å²) in [5.41, 5.74) is 5.96. The summed E-state index contributed by atoms with van der Waals surface area (Å²) in [7, 11) is 0. The minimum atomic E-state index is -0.265. The molecule has 0 aromatic heterocycles. The van der Waals surface area contributed by atoms with Gasteiger partial charge in [0.2, 0.25) is 0 Å². The lowest BCUT2D eigenvalue weighted by Crippen LogP contribution is -2.31. The number of imide groups is 4. The molecule has 0 saturated carbocycles. The Labute approximate surface area is 354 Å². The molecule has 61 heavy (non-hydrogen) atoms. The number of amides is 8. The van der Waals surface area contributed by atoms with Crippen LogP contribution in [-0.2, 0) is 38.4 Å². The first-order valence-electron chi connectivity index (χ1n) is 19.8. The van der Waals surface area contributed by atoms with Crippen LogP contribution < -0.4 is 19.6 Å². The minimum absolute atomic E-state index is 0.166. The normalized spacial score (nSPS) is 16.1. The quantitative estimate of drug-likeness (QED) is 0.171. The standard InChI is InChI=1S/C14H15NO2.2C12H11NO2.C11H9NO2/c1-3-11-12(4-2)14(17)15(13(11)16)10-8-6-5-7-9-10;1-8-9(2)12(15)13(11(8)14)10-6-4-3-5-7-10;1-2-9-8-11(14)13(12(9)15)10-6-4-3-5-7-10;1-8-7-10(13)12(11(8)14)9-5-3-2-4-6-9/h5-9H,3-4H2,1-2H3;3-7H,1-2H3;3-8H,2H2,1H3;2-7H,1H3. The zero-order valence-electron chi connectivity index (χ0n) is 34.9. The van der Waals surface area contributed by atoms with Gasteiger partial charge in [0.25, 0.3) is 47.3 Å². The molecule has 8 rings (SSSR count). The highest BCUT2D eigenvalue weighted by Gasteiger charge is 2.37. The van der Waals surface area contributed by atoms with Crippen molar-refractivity contribution in [1.82, 2.24) is 0 Å². The number of nitrogens with zero attached hydrogens (tertiary/aromatic N) is 4. The van der Waals surface area contributed by atoms with Crippen molar-refractivity contribution < 1.29 is 38.4 Å². The van der Waals surface area contributed by atoms with Gasteiger partial charge in [0, 0.05) is 45.6 Å². The summed E-state index contributed by atoms with van der Waals surface area (Å²) in [6, 6.07) is 35.9. The van der Waals surface area contributed by atoms with Crippen LogP contribution in [0.15, 0.2) is 167 Å². The zero-order valence-corrected chi connectivity index (χ0v) is 34.9. The number of hydrogen-bond donors (Lipinski definition) is 0. The number of para-hydroxylation sites is 4. The molecule has 4 aliphatic rings. The van der Waals surface area contributed by atoms with E-state index in [0.717, 1.165) is 0 Å². The van der Waals surface area contributed by atoms with E-state index in [0.29, 0.717) is 75.5 Å². The van der Waals surface area contributed by atoms with E-state index in [1.807, 2.05) is 57.2 Å². The number of anilines is 4. The second-order valence-electron chi connectivity index (χ2n) is 14.0. The molecule has 310 valence electrons. The summed E-state index contributed by atoms with van der Waals surface area (Å²) < 4.78 is 0. The van der Waals surface area contributed by atoms with Gasteiger partial charge in [-0.15, -0.1) is 0 Å². The van der Waals surface area contributed by atoms with Crippen LogP contribution in [0.25, 0.3) is 0 Å². The van der Waals surface area contributed by atoms with Crippen molar-refractivity contribution in [3.05, 3.63) is 167 Å². The highest BCUT2D eigenvalue weighted by molar-refractivity contribution is 6.34. The van der Waals surface area contributed by atoms with Gasteiger partial charge < -0.3 is 0 Å². The SMILES string of the molecule is CC1=C(C)C(=O)N(c2ccccc2)C1=O.CC1=CC(=O)N(c2ccccc2)C1=O.CCC1=C(CC)C(=O)N(c2ccccc2)C1=O.CCC1=CC(=O)N(c2ccccc2)C1=O. The first-order chi connectivity index (χ1) is 29.3. The summed E-state index contributed by atoms with van der Waals surface area (Å²) >= 11 is 0. The lowest BCUT2D eigenvalue weighted by atomic mass is 10.1. The Morgan fingerprint density at radius 1 is 0.344 bits per heavy atom. The molecular formula is C49H46N4O8. The third-order valence-electron chi connectivity index (χ3n) is 10.1. The third kappa shape index (κ3) is 9.49. The van der Waals surface area contributed by atoms with Crippen LogP contribution in [0.1, 0.15) is 60.8 Å². The molecular weight excluding hydrogens is 773 g/mol. The predicted molar refractivity (Wildman–Crippen MR) is 234 cm³/mol. The number of carbonyl (C=O) groups is 8. The first kappa shape index (κ1) is 44.5. The molecule has 0 N–H and O–H groups in total. The van der Waals surface area contributed by atoms with Gasteiger partial charge in [-0.3, -0.25) is 38.4 Å². The summed E-state index contributed by atoms with van der Waals surface area (Å²) in [6.07, 6.45) is 4.58. The Hall–Kier alpha value is -7.60. The third-order valence-corrected chi connectivity index (χ3v) is 10.1. The second-order valence-corrected chi connectivity index (χ2v) is 14.0. The van der Waals surface area contributed by atoms with E-state index in [4.69, 9.17) is 0 Å². The van der Waals surface area contributed by atoms with Gasteiger partial charge in [0.15, 0.2) is 0 Å². The fraction of sp³-hybridized carbons (Fsp3) is 0.184. The molecule has 0 radical (unpaired) electrons. The zero-order chi connectivity index (χ0) is 44.4. The maximum atomic E-state index is 12.2. The van der Waals surface area contributed by atoms with Crippen LogP contribution >= 0.6 is 0 Å². The Morgan fingerprint density at radius 3 is 0.951 bits per heavy atom. The summed E-state index contributed by atoms with van der Waals surface area (Å²) in [5.74, 6) is -1.72. The number of rotatable bonds is 7. The fourth-order valence-electron chi connectivity index (χ4n) is 6.72. The Bertz CT molecular complexity index is 2460. The van der Waals surface area contributed by atoms with E-state index in [-0.39, 0.29) is 47.3 Å². The van der Waals surface area contributed by atoms with E-state index < -0.39 is 0 Å². The van der Waals surface area contributed by atoms with Gasteiger partial charge in [-0.05, 0) is 88.6 Å². The van der Waals surface area contributed by atoms with Crippen molar-refractivity contribution >= 4 is 70.0 Å². The molecule has 8 amide bonds. The molecule has 0 bridgehead atoms. The van der Waals surface area contributed by atoms with Gasteiger partial charge in [-0.1, -0.05) is 93.6 Å². The van der Waals surface area contributed by atoms with Crippen LogP contribution in [0, 0.1) is 0 Å². The van der Waals surface area contributed by atoms with Crippen molar-refractivity contribution in [2.45, 2.75) is 60.8 Å². The van der Waals surface area contributed by atoms with E-state index in [1.54, 1.807) is 106 Å². The molecule has 4 aromatic rings. The lowest BCUT2D eigenvalue weighted by Gasteiger charge is -2.14. The lowest BCUT2D eigenvalue weighted by molar-refractivity contribution is -0.122. The van der Waals surface area contributed by atoms with Crippen LogP contribution in [-0.4, -0.2) is 47.3 Å². The van der Waals surface area contributed by atoms with Gasteiger partial charge in [-0.2, -0.15) is 0 Å². The second kappa shape index (κ2) is 19.9. The average Bonchev–Trinajstić information content (AvgIpc) is 3.89. The van der Waals surface area contributed by atoms with Crippen molar-refractivity contribution in [2.24, 2.45) is 0 Å². The molecule has 0 atom stereocenters. The largest absolute Gasteiger partial charge is 0.269 e. The summed E-state index contributed by atoms with van der Waals surface area (Å²) in [6.45, 7) is 10.7. The molecule has 12 heteroatoms. The molecule has 4 heterocycles. The minimum Gasteiger partial charge on any atom is -0.269 e. The number of benzene rings is 4. The fourth-order valence-corrected chi connectivity index (χ4v) is 6.72. The van der Waals surface area contributed by atoms with Crippen LogP contribution in [0.3, 0.4) is 0 Å². The van der Waals surface area contributed by atoms with Gasteiger partial charge in [0.05, 0.1) is 22.7 Å². The molecule has 0 unspecified atom stereocenters. The smallest absolute Gasteiger partial charge is 0.261 e. The molecule has 4 aromatic carbocycles. The molecule has 0 fully saturated rings. The topological polar surface area (TPSA) is 150 Å². The maximum Gasteiger partial charge on any atom is 0.261 e. The van der Waals surface area contributed by atoms with Crippen molar-refractivity contribution in [2.75, 3.05) is 19.6 Å². The molecule has 0 aliphatic carbocycles. The highest BCUT2D eigenvalue weighted by atomic mass is 16.2. The number of hydrogen-bond acceptors (Lipinski definition) is 8. The molecule has 4 aliphatic heterocycles. The average molecular weight is 819 g/mol. The van der Waals surface area contributed by atoms with Crippen molar-refractivity contribution in [3.8, 4) is 0 Å². The van der Waals surface area contributed by atoms with Gasteiger partial charge >= 0.3 is 0 Å². The van der Waals surface area contributed by atoms with E-state index in [9.17, 15) is 38.4 Å². The van der Waals surface area contributed by atoms with E-state index in [1.165, 1.54) is 31.8 Å². The van der Waals surface area contributed by atoms with Gasteiger partial charge in [0.1, 0.15) is 0 Å². The Kier molecular flexibility index (Phi) is 14.5. The molecule has 0 spiro atoms.